The smallest absolute Gasteiger partial charge is 0.358 e. The highest BCUT2D eigenvalue weighted by molar-refractivity contribution is 5.86. The van der Waals surface area contributed by atoms with Crippen LogP contribution in [0.4, 0.5) is 0 Å². The van der Waals surface area contributed by atoms with Crippen LogP contribution in [0, 0.1) is 0 Å². The highest BCUT2D eigenvalue weighted by atomic mass is 16.4. The van der Waals surface area contributed by atoms with Crippen LogP contribution in [0.1, 0.15) is 29.0 Å². The fourth-order valence-electron chi connectivity index (χ4n) is 2.02. The van der Waals surface area contributed by atoms with Gasteiger partial charge in [-0.1, -0.05) is 5.21 Å². The fraction of sp³-hybridized carbons (Fsp3) is 0.600. The summed E-state index contributed by atoms with van der Waals surface area (Å²) in [5.74, 6) is -1.26. The second kappa shape index (κ2) is 5.13. The predicted molar refractivity (Wildman–Crippen MR) is 60.7 cm³/mol. The van der Waals surface area contributed by atoms with Crippen LogP contribution >= 0.6 is 0 Å². The van der Waals surface area contributed by atoms with E-state index in [4.69, 9.17) is 10.8 Å². The number of carboxylic acids is 1. The third kappa shape index (κ3) is 2.33. The molecule has 0 spiro atoms. The number of aromatic nitrogens is 3. The first kappa shape index (κ1) is 12.5. The number of carbonyl (C=O) groups is 2. The molecule has 0 bridgehead atoms. The maximum Gasteiger partial charge on any atom is 0.358 e. The van der Waals surface area contributed by atoms with E-state index < -0.39 is 5.97 Å². The summed E-state index contributed by atoms with van der Waals surface area (Å²) >= 11 is 0. The number of carbonyl (C=O) groups excluding carboxylic acids is 1. The lowest BCUT2D eigenvalue weighted by molar-refractivity contribution is -0.131. The molecule has 8 nitrogen and oxygen atoms in total. The lowest BCUT2D eigenvalue weighted by Crippen LogP contribution is -2.32. The molecule has 1 aliphatic rings. The third-order valence-electron chi connectivity index (χ3n) is 2.98. The third-order valence-corrected chi connectivity index (χ3v) is 2.98. The van der Waals surface area contributed by atoms with Gasteiger partial charge in [0.15, 0.2) is 5.69 Å². The summed E-state index contributed by atoms with van der Waals surface area (Å²) < 4.78 is 1.27. The van der Waals surface area contributed by atoms with Crippen LogP contribution in [-0.2, 0) is 17.9 Å². The van der Waals surface area contributed by atoms with Crippen LogP contribution in [0.15, 0.2) is 0 Å². The highest BCUT2D eigenvalue weighted by Gasteiger charge is 2.22. The van der Waals surface area contributed by atoms with Crippen LogP contribution in [-0.4, -0.2) is 50.0 Å². The van der Waals surface area contributed by atoms with Crippen LogP contribution < -0.4 is 5.73 Å². The zero-order valence-electron chi connectivity index (χ0n) is 9.87. The van der Waals surface area contributed by atoms with Gasteiger partial charge < -0.3 is 15.7 Å². The highest BCUT2D eigenvalue weighted by Crippen LogP contribution is 2.10. The molecule has 1 amide bonds. The van der Waals surface area contributed by atoms with E-state index in [1.165, 1.54) is 4.68 Å². The number of carboxylic acid groups (broad SMARTS) is 1. The molecule has 0 aromatic carbocycles. The first-order valence-corrected chi connectivity index (χ1v) is 5.77. The minimum absolute atomic E-state index is 0.00713. The van der Waals surface area contributed by atoms with Crippen molar-refractivity contribution in [1.29, 1.82) is 0 Å². The average Bonchev–Trinajstić information content (AvgIpc) is 2.97. The Hall–Kier alpha value is -1.96. The van der Waals surface area contributed by atoms with E-state index in [0.29, 0.717) is 0 Å². The molecule has 0 radical (unpaired) electrons. The second-order valence-electron chi connectivity index (χ2n) is 4.14. The van der Waals surface area contributed by atoms with Crippen molar-refractivity contribution in [1.82, 2.24) is 19.9 Å². The topological polar surface area (TPSA) is 114 Å². The number of nitrogens with zero attached hydrogens (tertiary/aromatic N) is 4. The number of amides is 1. The van der Waals surface area contributed by atoms with Crippen LogP contribution in [0.2, 0.25) is 0 Å². The Morgan fingerprint density at radius 2 is 2.00 bits per heavy atom. The normalized spacial score (nSPS) is 15.1. The molecule has 8 heteroatoms. The number of aromatic carboxylic acids is 1. The molecule has 1 fully saturated rings. The molecular formula is C10H15N5O3. The molecular weight excluding hydrogens is 238 g/mol. The van der Waals surface area contributed by atoms with E-state index in [-0.39, 0.29) is 30.4 Å². The lowest BCUT2D eigenvalue weighted by atomic mass is 10.3. The van der Waals surface area contributed by atoms with E-state index in [1.807, 2.05) is 0 Å². The number of hydrogen-bond donors (Lipinski definition) is 2. The largest absolute Gasteiger partial charge is 0.476 e. The first-order chi connectivity index (χ1) is 8.63. The van der Waals surface area contributed by atoms with Crippen LogP contribution in [0.5, 0.6) is 0 Å². The molecule has 1 aromatic heterocycles. The van der Waals surface area contributed by atoms with Crippen molar-refractivity contribution in [3.8, 4) is 0 Å². The van der Waals surface area contributed by atoms with E-state index in [0.717, 1.165) is 25.9 Å². The molecule has 0 atom stereocenters. The summed E-state index contributed by atoms with van der Waals surface area (Å²) in [5.41, 5.74) is 5.56. The summed E-state index contributed by atoms with van der Waals surface area (Å²) in [4.78, 5) is 24.5. The molecule has 1 saturated heterocycles. The van der Waals surface area contributed by atoms with Crippen molar-refractivity contribution >= 4 is 11.9 Å². The molecule has 2 rings (SSSR count). The van der Waals surface area contributed by atoms with Gasteiger partial charge in [0.25, 0.3) is 0 Å². The van der Waals surface area contributed by atoms with E-state index in [2.05, 4.69) is 10.3 Å². The van der Waals surface area contributed by atoms with E-state index >= 15 is 0 Å². The maximum absolute atomic E-state index is 11.9. The Morgan fingerprint density at radius 3 is 2.56 bits per heavy atom. The summed E-state index contributed by atoms with van der Waals surface area (Å²) in [6.45, 7) is 1.48. The van der Waals surface area contributed by atoms with Gasteiger partial charge >= 0.3 is 5.97 Å². The predicted octanol–water partition coefficient (Wildman–Crippen LogP) is -0.943. The van der Waals surface area contributed by atoms with Gasteiger partial charge in [0, 0.05) is 19.6 Å². The van der Waals surface area contributed by atoms with Crippen molar-refractivity contribution in [2.45, 2.75) is 25.9 Å². The zero-order chi connectivity index (χ0) is 13.1. The molecule has 0 saturated carbocycles. The van der Waals surface area contributed by atoms with Gasteiger partial charge in [-0.15, -0.1) is 5.10 Å². The quantitative estimate of drug-likeness (QED) is 0.715. The maximum atomic E-state index is 11.9. The van der Waals surface area contributed by atoms with Crippen molar-refractivity contribution in [3.05, 3.63) is 11.4 Å². The van der Waals surface area contributed by atoms with Gasteiger partial charge in [0.1, 0.15) is 6.54 Å². The average molecular weight is 253 g/mol. The molecule has 0 unspecified atom stereocenters. The number of rotatable bonds is 4. The van der Waals surface area contributed by atoms with Crippen LogP contribution in [0.3, 0.4) is 0 Å². The number of nitrogens with two attached hydrogens (primary N) is 1. The Balaban J connectivity index is 2.13. The zero-order valence-corrected chi connectivity index (χ0v) is 9.87. The second-order valence-corrected chi connectivity index (χ2v) is 4.14. The number of hydrogen-bond acceptors (Lipinski definition) is 5. The van der Waals surface area contributed by atoms with Crippen molar-refractivity contribution < 1.29 is 14.7 Å². The molecule has 98 valence electrons. The van der Waals surface area contributed by atoms with E-state index in [1.54, 1.807) is 4.90 Å². The minimum Gasteiger partial charge on any atom is -0.476 e. The van der Waals surface area contributed by atoms with Gasteiger partial charge in [-0.2, -0.15) is 0 Å². The monoisotopic (exact) mass is 253 g/mol. The Labute approximate surface area is 103 Å². The van der Waals surface area contributed by atoms with Crippen molar-refractivity contribution in [2.24, 2.45) is 5.73 Å². The molecule has 1 aromatic rings. The minimum atomic E-state index is -1.18. The Bertz CT molecular complexity index is 464. The molecule has 3 N–H and O–H groups in total. The van der Waals surface area contributed by atoms with Gasteiger partial charge in [0.05, 0.1) is 5.69 Å². The first-order valence-electron chi connectivity index (χ1n) is 5.77. The van der Waals surface area contributed by atoms with Crippen molar-refractivity contribution in [3.63, 3.8) is 0 Å². The molecule has 18 heavy (non-hydrogen) atoms. The SMILES string of the molecule is NCc1c(C(=O)O)nnn1CC(=O)N1CCCC1. The Kier molecular flexibility index (Phi) is 3.56. The molecule has 0 aliphatic carbocycles. The summed E-state index contributed by atoms with van der Waals surface area (Å²) in [7, 11) is 0. The van der Waals surface area contributed by atoms with Gasteiger partial charge in [-0.05, 0) is 12.8 Å². The van der Waals surface area contributed by atoms with Gasteiger partial charge in [-0.25, -0.2) is 9.48 Å². The summed E-state index contributed by atoms with van der Waals surface area (Å²) in [6.07, 6.45) is 2.01. The summed E-state index contributed by atoms with van der Waals surface area (Å²) in [6, 6.07) is 0. The lowest BCUT2D eigenvalue weighted by Gasteiger charge is -2.15. The summed E-state index contributed by atoms with van der Waals surface area (Å²) in [5, 5.41) is 16.1. The van der Waals surface area contributed by atoms with Crippen LogP contribution in [0.25, 0.3) is 0 Å². The Morgan fingerprint density at radius 1 is 1.33 bits per heavy atom. The van der Waals surface area contributed by atoms with Crippen molar-refractivity contribution in [2.75, 3.05) is 13.1 Å². The van der Waals surface area contributed by atoms with Gasteiger partial charge in [-0.3, -0.25) is 4.79 Å². The van der Waals surface area contributed by atoms with Gasteiger partial charge in [0.2, 0.25) is 5.91 Å². The number of likely N-dealkylation sites (tertiary alicyclic amines) is 1. The molecule has 2 heterocycles. The standard InChI is InChI=1S/C10H15N5O3/c11-5-7-9(10(17)18)12-13-15(7)6-8(16)14-3-1-2-4-14/h1-6,11H2,(H,17,18). The fourth-order valence-corrected chi connectivity index (χ4v) is 2.02. The molecule has 1 aliphatic heterocycles. The van der Waals surface area contributed by atoms with E-state index in [9.17, 15) is 9.59 Å².